The molecule has 1 aromatic heterocycles. The first-order chi connectivity index (χ1) is 8.65. The normalized spacial score (nSPS) is 14.8. The lowest BCUT2D eigenvalue weighted by Crippen LogP contribution is -1.95. The Bertz CT molecular complexity index is 612. The Labute approximate surface area is 114 Å². The van der Waals surface area contributed by atoms with Gasteiger partial charge in [0.05, 0.1) is 10.7 Å². The fourth-order valence-electron chi connectivity index (χ4n) is 1.94. The quantitative estimate of drug-likeness (QED) is 0.760. The molecule has 0 bridgehead atoms. The molecule has 0 spiro atoms. The van der Waals surface area contributed by atoms with Crippen molar-refractivity contribution >= 4 is 23.2 Å². The van der Waals surface area contributed by atoms with Gasteiger partial charge < -0.3 is 0 Å². The molecule has 1 fully saturated rings. The topological polar surface area (TPSA) is 25.8 Å². The third-order valence-corrected chi connectivity index (χ3v) is 3.47. The summed E-state index contributed by atoms with van der Waals surface area (Å²) in [5, 5.41) is 0.277. The molecule has 92 valence electrons. The number of halogens is 3. The van der Waals surface area contributed by atoms with Gasteiger partial charge in [0, 0.05) is 11.8 Å². The van der Waals surface area contributed by atoms with Gasteiger partial charge in [-0.05, 0) is 54.1 Å². The molecule has 0 N–H and O–H groups in total. The average molecular weight is 283 g/mol. The highest BCUT2D eigenvalue weighted by molar-refractivity contribution is 6.31. The number of benzene rings is 1. The van der Waals surface area contributed by atoms with Gasteiger partial charge in [-0.3, -0.25) is 0 Å². The molecule has 0 unspecified atom stereocenters. The molecule has 0 radical (unpaired) electrons. The van der Waals surface area contributed by atoms with Crippen molar-refractivity contribution in [1.82, 2.24) is 9.97 Å². The van der Waals surface area contributed by atoms with Crippen LogP contribution in [-0.2, 0) is 0 Å². The molecule has 0 atom stereocenters. The SMILES string of the molecule is Fc1ccc(-c2nc(Cl)ncc2C2CC2)cc1Cl. The van der Waals surface area contributed by atoms with Crippen LogP contribution in [0.2, 0.25) is 10.3 Å². The Balaban J connectivity index is 2.14. The summed E-state index contributed by atoms with van der Waals surface area (Å²) in [5.74, 6) is 0.0506. The van der Waals surface area contributed by atoms with Gasteiger partial charge >= 0.3 is 0 Å². The van der Waals surface area contributed by atoms with Gasteiger partial charge in [0.15, 0.2) is 0 Å². The molecular weight excluding hydrogens is 274 g/mol. The zero-order valence-electron chi connectivity index (χ0n) is 9.33. The third-order valence-electron chi connectivity index (χ3n) is 3.00. The summed E-state index contributed by atoms with van der Waals surface area (Å²) in [4.78, 5) is 8.26. The van der Waals surface area contributed by atoms with Gasteiger partial charge in [0.25, 0.3) is 0 Å². The number of rotatable bonds is 2. The van der Waals surface area contributed by atoms with Crippen LogP contribution in [0.25, 0.3) is 11.3 Å². The third kappa shape index (κ3) is 2.20. The highest BCUT2D eigenvalue weighted by Crippen LogP contribution is 2.43. The van der Waals surface area contributed by atoms with Crippen molar-refractivity contribution in [2.75, 3.05) is 0 Å². The molecule has 3 rings (SSSR count). The van der Waals surface area contributed by atoms with Gasteiger partial charge in [0.2, 0.25) is 5.28 Å². The summed E-state index contributed by atoms with van der Waals surface area (Å²) >= 11 is 11.6. The maximum Gasteiger partial charge on any atom is 0.222 e. The van der Waals surface area contributed by atoms with Crippen molar-refractivity contribution in [3.05, 3.63) is 46.1 Å². The summed E-state index contributed by atoms with van der Waals surface area (Å²) in [6.45, 7) is 0. The van der Waals surface area contributed by atoms with Crippen LogP contribution in [-0.4, -0.2) is 9.97 Å². The van der Waals surface area contributed by atoms with Gasteiger partial charge in [-0.15, -0.1) is 0 Å². The highest BCUT2D eigenvalue weighted by atomic mass is 35.5. The first kappa shape index (κ1) is 11.9. The minimum absolute atomic E-state index is 0.0870. The van der Waals surface area contributed by atoms with E-state index in [1.165, 1.54) is 6.07 Å². The second kappa shape index (κ2) is 4.48. The Morgan fingerprint density at radius 1 is 1.22 bits per heavy atom. The first-order valence-electron chi connectivity index (χ1n) is 5.63. The lowest BCUT2D eigenvalue weighted by molar-refractivity contribution is 0.628. The van der Waals surface area contributed by atoms with Crippen molar-refractivity contribution in [1.29, 1.82) is 0 Å². The smallest absolute Gasteiger partial charge is 0.222 e. The summed E-state index contributed by atoms with van der Waals surface area (Å²) in [7, 11) is 0. The highest BCUT2D eigenvalue weighted by Gasteiger charge is 2.28. The van der Waals surface area contributed by atoms with Crippen LogP contribution in [0.1, 0.15) is 24.3 Å². The molecular formula is C13H9Cl2FN2. The van der Waals surface area contributed by atoms with Crippen LogP contribution in [0.4, 0.5) is 4.39 Å². The maximum atomic E-state index is 13.2. The first-order valence-corrected chi connectivity index (χ1v) is 6.38. The number of nitrogens with zero attached hydrogens (tertiary/aromatic N) is 2. The molecule has 18 heavy (non-hydrogen) atoms. The number of hydrogen-bond acceptors (Lipinski definition) is 2. The Morgan fingerprint density at radius 2 is 2.00 bits per heavy atom. The molecule has 1 saturated carbocycles. The Kier molecular flexibility index (Phi) is 2.96. The Hall–Kier alpha value is -1.19. The lowest BCUT2D eigenvalue weighted by Gasteiger charge is -2.08. The van der Waals surface area contributed by atoms with E-state index in [0.717, 1.165) is 29.7 Å². The van der Waals surface area contributed by atoms with Crippen molar-refractivity contribution in [2.24, 2.45) is 0 Å². The van der Waals surface area contributed by atoms with Gasteiger partial charge in [-0.2, -0.15) is 0 Å². The molecule has 5 heteroatoms. The van der Waals surface area contributed by atoms with Crippen LogP contribution >= 0.6 is 23.2 Å². The standard InChI is InChI=1S/C13H9Cl2FN2/c14-10-5-8(3-4-11(10)16)12-9(7-1-2-7)6-17-13(15)18-12/h3-7H,1-2H2. The van der Waals surface area contributed by atoms with Crippen molar-refractivity contribution in [3.63, 3.8) is 0 Å². The van der Waals surface area contributed by atoms with E-state index in [4.69, 9.17) is 23.2 Å². The molecule has 1 aliphatic carbocycles. The molecule has 2 nitrogen and oxygen atoms in total. The number of aromatic nitrogens is 2. The zero-order valence-corrected chi connectivity index (χ0v) is 10.8. The van der Waals surface area contributed by atoms with E-state index in [0.29, 0.717) is 5.92 Å². The van der Waals surface area contributed by atoms with E-state index in [9.17, 15) is 4.39 Å². The summed E-state index contributed by atoms with van der Waals surface area (Å²) in [6.07, 6.45) is 4.01. The minimum Gasteiger partial charge on any atom is -0.226 e. The summed E-state index contributed by atoms with van der Waals surface area (Å²) in [5.41, 5.74) is 2.58. The van der Waals surface area contributed by atoms with Crippen LogP contribution < -0.4 is 0 Å². The molecule has 0 amide bonds. The van der Waals surface area contributed by atoms with Gasteiger partial charge in [-0.25, -0.2) is 14.4 Å². The predicted molar refractivity (Wildman–Crippen MR) is 69.4 cm³/mol. The molecule has 1 aliphatic rings. The average Bonchev–Trinajstić information content (AvgIpc) is 3.17. The molecule has 1 heterocycles. The second-order valence-electron chi connectivity index (χ2n) is 4.35. The van der Waals surface area contributed by atoms with Crippen molar-refractivity contribution < 1.29 is 4.39 Å². The van der Waals surface area contributed by atoms with Crippen LogP contribution in [0.5, 0.6) is 0 Å². The van der Waals surface area contributed by atoms with Crippen molar-refractivity contribution in [2.45, 2.75) is 18.8 Å². The molecule has 0 aliphatic heterocycles. The maximum absolute atomic E-state index is 13.2. The van der Waals surface area contributed by atoms with E-state index in [-0.39, 0.29) is 10.3 Å². The minimum atomic E-state index is -0.437. The van der Waals surface area contributed by atoms with Crippen molar-refractivity contribution in [3.8, 4) is 11.3 Å². The fraction of sp³-hybridized carbons (Fsp3) is 0.231. The van der Waals surface area contributed by atoms with E-state index < -0.39 is 5.82 Å². The van der Waals surface area contributed by atoms with E-state index in [1.807, 2.05) is 0 Å². The second-order valence-corrected chi connectivity index (χ2v) is 5.09. The predicted octanol–water partition coefficient (Wildman–Crippen LogP) is 4.47. The van der Waals surface area contributed by atoms with Gasteiger partial charge in [-0.1, -0.05) is 11.6 Å². The van der Waals surface area contributed by atoms with Crippen LogP contribution in [0.3, 0.4) is 0 Å². The largest absolute Gasteiger partial charge is 0.226 e. The summed E-state index contributed by atoms with van der Waals surface area (Å²) in [6, 6.07) is 4.57. The Morgan fingerprint density at radius 3 is 2.67 bits per heavy atom. The van der Waals surface area contributed by atoms with E-state index in [1.54, 1.807) is 18.3 Å². The van der Waals surface area contributed by atoms with E-state index >= 15 is 0 Å². The molecule has 0 saturated heterocycles. The molecule has 2 aromatic rings. The van der Waals surface area contributed by atoms with Gasteiger partial charge in [0.1, 0.15) is 5.82 Å². The fourth-order valence-corrected chi connectivity index (χ4v) is 2.25. The number of hydrogen-bond donors (Lipinski definition) is 0. The molecule has 1 aromatic carbocycles. The zero-order chi connectivity index (χ0) is 12.7. The lowest BCUT2D eigenvalue weighted by atomic mass is 10.0. The van der Waals surface area contributed by atoms with Crippen LogP contribution in [0, 0.1) is 5.82 Å². The van der Waals surface area contributed by atoms with E-state index in [2.05, 4.69) is 9.97 Å². The monoisotopic (exact) mass is 282 g/mol. The van der Waals surface area contributed by atoms with Crippen LogP contribution in [0.15, 0.2) is 24.4 Å². The summed E-state index contributed by atoms with van der Waals surface area (Å²) < 4.78 is 13.2.